The zero-order chi connectivity index (χ0) is 24.5. The summed E-state index contributed by atoms with van der Waals surface area (Å²) in [5, 5.41) is 3.79. The van der Waals surface area contributed by atoms with E-state index in [0.29, 0.717) is 0 Å². The average molecular weight is 521 g/mol. The number of hydrogen-bond donors (Lipinski definition) is 0. The molecule has 186 valence electrons. The Morgan fingerprint density at radius 3 is 1.31 bits per heavy atom. The molecule has 0 spiro atoms. The number of fused-ring (bicyclic) bond motifs is 5. The quantitative estimate of drug-likeness (QED) is 0.369. The predicted octanol–water partition coefficient (Wildman–Crippen LogP) is 5.03. The number of anilines is 2. The van der Waals surface area contributed by atoms with Crippen molar-refractivity contribution in [3.05, 3.63) is 71.0 Å². The van der Waals surface area contributed by atoms with Crippen molar-refractivity contribution in [3.63, 3.8) is 0 Å². The van der Waals surface area contributed by atoms with E-state index in [1.807, 2.05) is 36.7 Å². The lowest BCUT2D eigenvalue weighted by Crippen LogP contribution is -2.42. The van der Waals surface area contributed by atoms with Gasteiger partial charge < -0.3 is 9.80 Å². The van der Waals surface area contributed by atoms with Crippen LogP contribution in [0.15, 0.2) is 60.9 Å². The lowest BCUT2D eigenvalue weighted by atomic mass is 10.1. The molecule has 2 aromatic carbocycles. The van der Waals surface area contributed by atoms with Gasteiger partial charge in [-0.25, -0.2) is 0 Å². The van der Waals surface area contributed by atoms with Crippen LogP contribution >= 0.6 is 23.2 Å². The van der Waals surface area contributed by atoms with Crippen molar-refractivity contribution < 1.29 is 0 Å². The monoisotopic (exact) mass is 520 g/mol. The Morgan fingerprint density at radius 2 is 0.889 bits per heavy atom. The van der Waals surface area contributed by atoms with E-state index in [4.69, 9.17) is 23.2 Å². The van der Waals surface area contributed by atoms with Crippen LogP contribution < -0.4 is 9.80 Å². The summed E-state index contributed by atoms with van der Waals surface area (Å²) in [5.74, 6) is 0. The minimum Gasteiger partial charge on any atom is -0.368 e. The van der Waals surface area contributed by atoms with Gasteiger partial charge in [-0.3, -0.25) is 19.8 Å². The molecule has 0 radical (unpaired) electrons. The predicted molar refractivity (Wildman–Crippen MR) is 151 cm³/mol. The van der Waals surface area contributed by atoms with Gasteiger partial charge in [-0.1, -0.05) is 23.2 Å². The van der Waals surface area contributed by atoms with Gasteiger partial charge in [0.1, 0.15) is 0 Å². The molecule has 2 saturated heterocycles. The van der Waals surface area contributed by atoms with Gasteiger partial charge in [-0.05, 0) is 48.5 Å². The van der Waals surface area contributed by atoms with Gasteiger partial charge in [0.25, 0.3) is 0 Å². The first-order valence-corrected chi connectivity index (χ1v) is 13.4. The highest BCUT2D eigenvalue weighted by Gasteiger charge is 2.22. The number of hydrogen-bond acceptors (Lipinski definition) is 6. The lowest BCUT2D eigenvalue weighted by Gasteiger charge is -2.32. The molecule has 4 heterocycles. The van der Waals surface area contributed by atoms with Crippen molar-refractivity contribution in [2.45, 2.75) is 0 Å². The van der Waals surface area contributed by atoms with Crippen LogP contribution in [0.25, 0.3) is 21.8 Å². The van der Waals surface area contributed by atoms with Gasteiger partial charge in [0.2, 0.25) is 0 Å². The second-order valence-electron chi connectivity index (χ2n) is 9.64. The second kappa shape index (κ2) is 10.4. The Morgan fingerprint density at radius 1 is 0.500 bits per heavy atom. The molecule has 2 aliphatic heterocycles. The van der Waals surface area contributed by atoms with E-state index in [0.717, 1.165) is 86.5 Å². The van der Waals surface area contributed by atoms with Gasteiger partial charge in [-0.2, -0.15) is 0 Å². The molecule has 2 aromatic heterocycles. The summed E-state index contributed by atoms with van der Waals surface area (Å²) in [7, 11) is 0. The van der Waals surface area contributed by atoms with Crippen LogP contribution in [0, 0.1) is 0 Å². The topological polar surface area (TPSA) is 38.7 Å². The van der Waals surface area contributed by atoms with E-state index in [2.05, 4.69) is 53.8 Å². The highest BCUT2D eigenvalue weighted by Crippen LogP contribution is 2.29. The van der Waals surface area contributed by atoms with Crippen LogP contribution in [0.3, 0.4) is 0 Å². The molecule has 0 atom stereocenters. The highest BCUT2D eigenvalue weighted by molar-refractivity contribution is 6.31. The van der Waals surface area contributed by atoms with Crippen LogP contribution in [0.1, 0.15) is 0 Å². The Labute approximate surface area is 222 Å². The highest BCUT2D eigenvalue weighted by atomic mass is 35.5. The maximum Gasteiger partial charge on any atom is 0.0737 e. The molecule has 6 rings (SSSR count). The van der Waals surface area contributed by atoms with Gasteiger partial charge in [0, 0.05) is 110 Å². The number of nitrogens with zero attached hydrogens (tertiary/aromatic N) is 6. The van der Waals surface area contributed by atoms with Gasteiger partial charge >= 0.3 is 0 Å². The van der Waals surface area contributed by atoms with Crippen LogP contribution in [-0.4, -0.2) is 85.2 Å². The molecular formula is C28H30Cl2N6. The SMILES string of the molecule is Clc1ccc2c(N3CCN4CCN(CC3)CCN(c3ccnc5cc(Cl)ccc35)CC4)ccnc2c1. The summed E-state index contributed by atoms with van der Waals surface area (Å²) in [6, 6.07) is 16.4. The molecular weight excluding hydrogens is 491 g/mol. The maximum absolute atomic E-state index is 6.24. The first-order chi connectivity index (χ1) is 17.6. The van der Waals surface area contributed by atoms with Crippen molar-refractivity contribution in [2.24, 2.45) is 0 Å². The molecule has 2 fully saturated rings. The van der Waals surface area contributed by atoms with E-state index >= 15 is 0 Å². The average Bonchev–Trinajstić information content (AvgIpc) is 3.05. The Kier molecular flexibility index (Phi) is 6.85. The minimum atomic E-state index is 0.728. The fraction of sp³-hybridized carbons (Fsp3) is 0.357. The molecule has 0 aliphatic carbocycles. The summed E-state index contributed by atoms with van der Waals surface area (Å²) in [6.45, 7) is 10.3. The van der Waals surface area contributed by atoms with Crippen molar-refractivity contribution in [2.75, 3.05) is 75.2 Å². The Balaban J connectivity index is 1.25. The summed E-state index contributed by atoms with van der Waals surface area (Å²) in [6.07, 6.45) is 3.81. The van der Waals surface area contributed by atoms with Gasteiger partial charge in [0.15, 0.2) is 0 Å². The minimum absolute atomic E-state index is 0.728. The zero-order valence-electron chi connectivity index (χ0n) is 20.3. The van der Waals surface area contributed by atoms with Crippen molar-refractivity contribution >= 4 is 56.4 Å². The molecule has 0 N–H and O–H groups in total. The number of benzene rings is 2. The number of aromatic nitrogens is 2. The molecule has 2 aliphatic rings. The van der Waals surface area contributed by atoms with Crippen molar-refractivity contribution in [1.29, 1.82) is 0 Å². The van der Waals surface area contributed by atoms with Crippen molar-refractivity contribution in [3.8, 4) is 0 Å². The summed E-state index contributed by atoms with van der Waals surface area (Å²) in [4.78, 5) is 19.4. The molecule has 0 amide bonds. The van der Waals surface area contributed by atoms with E-state index in [1.165, 1.54) is 22.1 Å². The normalized spacial score (nSPS) is 21.5. The first-order valence-electron chi connectivity index (χ1n) is 12.7. The Bertz CT molecular complexity index is 1260. The largest absolute Gasteiger partial charge is 0.368 e. The summed E-state index contributed by atoms with van der Waals surface area (Å²) < 4.78 is 0. The molecule has 2 bridgehead atoms. The maximum atomic E-state index is 6.24. The lowest BCUT2D eigenvalue weighted by molar-refractivity contribution is 0.237. The van der Waals surface area contributed by atoms with Crippen LogP contribution in [0.5, 0.6) is 0 Å². The smallest absolute Gasteiger partial charge is 0.0737 e. The standard InChI is InChI=1S/C28H30Cl2N6/c29-21-1-3-23-25(19-21)31-7-5-27(23)35-15-11-33-9-10-34(12-16-35)14-18-36(17-13-33)28-6-8-32-26-20-22(30)2-4-24(26)28/h1-8,19-20H,9-18H2. The molecule has 0 unspecified atom stereocenters. The van der Waals surface area contributed by atoms with E-state index in [1.54, 1.807) is 0 Å². The third kappa shape index (κ3) is 4.96. The molecule has 4 aromatic rings. The van der Waals surface area contributed by atoms with Gasteiger partial charge in [0.05, 0.1) is 11.0 Å². The number of rotatable bonds is 2. The first kappa shape index (κ1) is 23.7. The van der Waals surface area contributed by atoms with Crippen LogP contribution in [-0.2, 0) is 0 Å². The van der Waals surface area contributed by atoms with Crippen LogP contribution in [0.4, 0.5) is 11.4 Å². The molecule has 0 saturated carbocycles. The van der Waals surface area contributed by atoms with E-state index < -0.39 is 0 Å². The molecule has 8 heteroatoms. The fourth-order valence-corrected chi connectivity index (χ4v) is 5.80. The van der Waals surface area contributed by atoms with Crippen molar-refractivity contribution in [1.82, 2.24) is 19.8 Å². The molecule has 6 nitrogen and oxygen atoms in total. The number of halogens is 2. The number of pyridine rings is 2. The summed E-state index contributed by atoms with van der Waals surface area (Å²) in [5.41, 5.74) is 4.41. The zero-order valence-corrected chi connectivity index (χ0v) is 21.8. The van der Waals surface area contributed by atoms with Gasteiger partial charge in [-0.15, -0.1) is 0 Å². The third-order valence-corrected chi connectivity index (χ3v) is 7.99. The van der Waals surface area contributed by atoms with E-state index in [-0.39, 0.29) is 0 Å². The third-order valence-electron chi connectivity index (χ3n) is 7.52. The van der Waals surface area contributed by atoms with E-state index in [9.17, 15) is 0 Å². The Hall–Kier alpha value is -2.64. The summed E-state index contributed by atoms with van der Waals surface area (Å²) >= 11 is 12.5. The molecule has 36 heavy (non-hydrogen) atoms. The van der Waals surface area contributed by atoms with Crippen LogP contribution in [0.2, 0.25) is 10.0 Å². The fourth-order valence-electron chi connectivity index (χ4n) is 5.47. The second-order valence-corrected chi connectivity index (χ2v) is 10.5.